The number of aromatic nitrogens is 1. The number of rotatable bonds is 4. The van der Waals surface area contributed by atoms with Gasteiger partial charge in [-0.05, 0) is 24.8 Å². The fourth-order valence-corrected chi connectivity index (χ4v) is 2.78. The highest BCUT2D eigenvalue weighted by Crippen LogP contribution is 2.28. The molecule has 1 fully saturated rings. The maximum Gasteiger partial charge on any atom is 0.0509 e. The molecule has 16 heavy (non-hydrogen) atoms. The van der Waals surface area contributed by atoms with Gasteiger partial charge in [0.1, 0.15) is 0 Å². The van der Waals surface area contributed by atoms with Gasteiger partial charge >= 0.3 is 0 Å². The number of anilines is 1. The zero-order chi connectivity index (χ0) is 11.4. The molecule has 2 rings (SSSR count). The van der Waals surface area contributed by atoms with Crippen LogP contribution in [-0.2, 0) is 5.88 Å². The lowest BCUT2D eigenvalue weighted by Gasteiger charge is -2.24. The van der Waals surface area contributed by atoms with E-state index in [-0.39, 0.29) is 0 Å². The zero-order valence-electron chi connectivity index (χ0n) is 9.82. The van der Waals surface area contributed by atoms with Gasteiger partial charge in [0.05, 0.1) is 5.88 Å². The summed E-state index contributed by atoms with van der Waals surface area (Å²) < 4.78 is 0. The monoisotopic (exact) mass is 238 g/mol. The van der Waals surface area contributed by atoms with Crippen molar-refractivity contribution in [2.75, 3.05) is 18.5 Å². The Hall–Kier alpha value is -0.760. The van der Waals surface area contributed by atoms with E-state index in [2.05, 4.69) is 23.0 Å². The Kier molecular flexibility index (Phi) is 4.05. The van der Waals surface area contributed by atoms with E-state index in [9.17, 15) is 0 Å². The Morgan fingerprint density at radius 1 is 1.44 bits per heavy atom. The van der Waals surface area contributed by atoms with Crippen molar-refractivity contribution in [3.63, 3.8) is 0 Å². The predicted octanol–water partition coefficient (Wildman–Crippen LogP) is 3.45. The van der Waals surface area contributed by atoms with Gasteiger partial charge in [-0.1, -0.05) is 12.8 Å². The van der Waals surface area contributed by atoms with Crippen molar-refractivity contribution < 1.29 is 0 Å². The quantitative estimate of drug-likeness (QED) is 0.747. The van der Waals surface area contributed by atoms with E-state index in [1.54, 1.807) is 0 Å². The molecule has 1 saturated carbocycles. The van der Waals surface area contributed by atoms with Gasteiger partial charge in [-0.25, -0.2) is 0 Å². The van der Waals surface area contributed by atoms with E-state index in [1.807, 2.05) is 12.4 Å². The minimum Gasteiger partial charge on any atom is -0.374 e. The van der Waals surface area contributed by atoms with Gasteiger partial charge in [-0.15, -0.1) is 11.6 Å². The maximum absolute atomic E-state index is 5.93. The first-order chi connectivity index (χ1) is 7.81. The third-order valence-electron chi connectivity index (χ3n) is 3.44. The van der Waals surface area contributed by atoms with Crippen LogP contribution < -0.4 is 4.90 Å². The normalized spacial score (nSPS) is 16.6. The molecule has 0 amide bonds. The van der Waals surface area contributed by atoms with Gasteiger partial charge in [0.25, 0.3) is 0 Å². The molecule has 0 atom stereocenters. The third-order valence-corrected chi connectivity index (χ3v) is 3.73. The van der Waals surface area contributed by atoms with Crippen molar-refractivity contribution in [1.29, 1.82) is 0 Å². The third kappa shape index (κ3) is 2.67. The number of hydrogen-bond donors (Lipinski definition) is 0. The lowest BCUT2D eigenvalue weighted by Crippen LogP contribution is -2.24. The molecule has 0 saturated heterocycles. The van der Waals surface area contributed by atoms with Gasteiger partial charge in [-0.3, -0.25) is 4.98 Å². The van der Waals surface area contributed by atoms with Crippen molar-refractivity contribution in [2.45, 2.75) is 31.6 Å². The maximum atomic E-state index is 5.93. The molecule has 0 aromatic carbocycles. The van der Waals surface area contributed by atoms with E-state index in [0.29, 0.717) is 5.88 Å². The smallest absolute Gasteiger partial charge is 0.0509 e. The van der Waals surface area contributed by atoms with Crippen molar-refractivity contribution in [3.05, 3.63) is 24.0 Å². The standard InChI is InChI=1S/C13H19ClN2/c1-16(10-11-4-2-3-5-11)13-6-7-15-9-12(13)8-14/h6-7,9,11H,2-5,8,10H2,1H3. The summed E-state index contributed by atoms with van der Waals surface area (Å²) >= 11 is 5.93. The van der Waals surface area contributed by atoms with Crippen LogP contribution >= 0.6 is 11.6 Å². The Bertz CT molecular complexity index is 334. The second-order valence-electron chi connectivity index (χ2n) is 4.67. The number of pyridine rings is 1. The highest BCUT2D eigenvalue weighted by Gasteiger charge is 2.17. The Balaban J connectivity index is 2.04. The van der Waals surface area contributed by atoms with E-state index in [0.717, 1.165) is 18.0 Å². The SMILES string of the molecule is CN(CC1CCCC1)c1ccncc1CCl. The fraction of sp³-hybridized carbons (Fsp3) is 0.615. The number of halogens is 1. The van der Waals surface area contributed by atoms with E-state index < -0.39 is 0 Å². The minimum atomic E-state index is 0.540. The van der Waals surface area contributed by atoms with Gasteiger partial charge < -0.3 is 4.90 Å². The van der Waals surface area contributed by atoms with Gasteiger partial charge in [-0.2, -0.15) is 0 Å². The Labute approximate surface area is 103 Å². The Morgan fingerprint density at radius 3 is 2.88 bits per heavy atom. The first-order valence-corrected chi connectivity index (χ1v) is 6.54. The second-order valence-corrected chi connectivity index (χ2v) is 4.94. The van der Waals surface area contributed by atoms with Crippen LogP contribution in [0.4, 0.5) is 5.69 Å². The summed E-state index contributed by atoms with van der Waals surface area (Å²) in [6.45, 7) is 1.15. The predicted molar refractivity (Wildman–Crippen MR) is 69.0 cm³/mol. The van der Waals surface area contributed by atoms with E-state index in [4.69, 9.17) is 11.6 Å². The summed E-state index contributed by atoms with van der Waals surface area (Å²) in [4.78, 5) is 6.45. The van der Waals surface area contributed by atoms with Gasteiger partial charge in [0.15, 0.2) is 0 Å². The van der Waals surface area contributed by atoms with E-state index in [1.165, 1.54) is 31.4 Å². The number of alkyl halides is 1. The summed E-state index contributed by atoms with van der Waals surface area (Å²) in [7, 11) is 2.16. The highest BCUT2D eigenvalue weighted by atomic mass is 35.5. The fourth-order valence-electron chi connectivity index (χ4n) is 2.57. The van der Waals surface area contributed by atoms with Crippen molar-refractivity contribution in [1.82, 2.24) is 4.98 Å². The minimum absolute atomic E-state index is 0.540. The van der Waals surface area contributed by atoms with Gasteiger partial charge in [0, 0.05) is 37.2 Å². The number of nitrogens with zero attached hydrogens (tertiary/aromatic N) is 2. The summed E-state index contributed by atoms with van der Waals surface area (Å²) in [5, 5.41) is 0. The van der Waals surface area contributed by atoms with Crippen LogP contribution in [0.15, 0.2) is 18.5 Å². The summed E-state index contributed by atoms with van der Waals surface area (Å²) in [6.07, 6.45) is 9.27. The molecule has 1 heterocycles. The van der Waals surface area contributed by atoms with Crippen LogP contribution in [0.1, 0.15) is 31.2 Å². The molecular weight excluding hydrogens is 220 g/mol. The van der Waals surface area contributed by atoms with Crippen LogP contribution in [0.5, 0.6) is 0 Å². The molecule has 0 aliphatic heterocycles. The van der Waals surface area contributed by atoms with Crippen LogP contribution in [0.3, 0.4) is 0 Å². The molecule has 0 unspecified atom stereocenters. The lowest BCUT2D eigenvalue weighted by molar-refractivity contribution is 0.546. The van der Waals surface area contributed by atoms with E-state index >= 15 is 0 Å². The van der Waals surface area contributed by atoms with Crippen LogP contribution in [-0.4, -0.2) is 18.6 Å². The highest BCUT2D eigenvalue weighted by molar-refractivity contribution is 6.17. The topological polar surface area (TPSA) is 16.1 Å². The summed E-state index contributed by atoms with van der Waals surface area (Å²) in [6, 6.07) is 2.06. The Morgan fingerprint density at radius 2 is 2.19 bits per heavy atom. The van der Waals surface area contributed by atoms with Crippen LogP contribution in [0.25, 0.3) is 0 Å². The lowest BCUT2D eigenvalue weighted by atomic mass is 10.1. The van der Waals surface area contributed by atoms with Crippen LogP contribution in [0, 0.1) is 5.92 Å². The molecule has 3 heteroatoms. The molecule has 2 nitrogen and oxygen atoms in total. The molecule has 1 aromatic rings. The van der Waals surface area contributed by atoms with Crippen molar-refractivity contribution >= 4 is 17.3 Å². The molecule has 0 radical (unpaired) electrons. The molecule has 1 aliphatic rings. The first-order valence-electron chi connectivity index (χ1n) is 6.01. The molecule has 88 valence electrons. The van der Waals surface area contributed by atoms with Crippen LogP contribution in [0.2, 0.25) is 0 Å². The molecule has 1 aromatic heterocycles. The molecule has 1 aliphatic carbocycles. The molecule has 0 N–H and O–H groups in total. The summed E-state index contributed by atoms with van der Waals surface area (Å²) in [5.74, 6) is 1.40. The first kappa shape index (κ1) is 11.7. The molecule has 0 spiro atoms. The number of hydrogen-bond acceptors (Lipinski definition) is 2. The second kappa shape index (κ2) is 5.53. The van der Waals surface area contributed by atoms with Crippen molar-refractivity contribution in [3.8, 4) is 0 Å². The molecule has 0 bridgehead atoms. The summed E-state index contributed by atoms with van der Waals surface area (Å²) in [5.41, 5.74) is 2.36. The zero-order valence-corrected chi connectivity index (χ0v) is 10.6. The molecular formula is C13H19ClN2. The average Bonchev–Trinajstić information content (AvgIpc) is 2.81. The van der Waals surface area contributed by atoms with Crippen molar-refractivity contribution in [2.24, 2.45) is 5.92 Å². The largest absolute Gasteiger partial charge is 0.374 e. The van der Waals surface area contributed by atoms with Gasteiger partial charge in [0.2, 0.25) is 0 Å². The average molecular weight is 239 g/mol.